The third kappa shape index (κ3) is 3.78. The number of aromatic nitrogens is 1. The molecular formula is C15H21N3O3S. The zero-order chi connectivity index (χ0) is 16.1. The van der Waals surface area contributed by atoms with Crippen LogP contribution in [-0.2, 0) is 9.63 Å². The maximum absolute atomic E-state index is 12.4. The van der Waals surface area contributed by atoms with Gasteiger partial charge in [0.15, 0.2) is 0 Å². The molecule has 0 saturated carbocycles. The number of hydrogen-bond donors (Lipinski definition) is 0. The van der Waals surface area contributed by atoms with E-state index in [0.717, 1.165) is 31.0 Å². The first kappa shape index (κ1) is 16.8. The monoisotopic (exact) mass is 323 g/mol. The van der Waals surface area contributed by atoms with E-state index >= 15 is 0 Å². The van der Waals surface area contributed by atoms with Crippen molar-refractivity contribution >= 4 is 23.6 Å². The average molecular weight is 323 g/mol. The molecule has 22 heavy (non-hydrogen) atoms. The fourth-order valence-electron chi connectivity index (χ4n) is 2.31. The second kappa shape index (κ2) is 7.60. The van der Waals surface area contributed by atoms with Gasteiger partial charge in [-0.2, -0.15) is 0 Å². The predicted octanol–water partition coefficient (Wildman–Crippen LogP) is 1.82. The summed E-state index contributed by atoms with van der Waals surface area (Å²) in [4.78, 5) is 35.7. The van der Waals surface area contributed by atoms with E-state index in [1.165, 1.54) is 18.9 Å². The lowest BCUT2D eigenvalue weighted by Crippen LogP contribution is -2.34. The summed E-state index contributed by atoms with van der Waals surface area (Å²) in [7, 11) is 2.98. The normalized spacial score (nSPS) is 15.7. The molecule has 0 unspecified atom stereocenters. The van der Waals surface area contributed by atoms with Gasteiger partial charge in [0, 0.05) is 26.3 Å². The molecule has 1 aliphatic rings. The minimum Gasteiger partial charge on any atom is -0.342 e. The van der Waals surface area contributed by atoms with Gasteiger partial charge >= 0.3 is 0 Å². The third-order valence-electron chi connectivity index (χ3n) is 3.62. The van der Waals surface area contributed by atoms with Crippen molar-refractivity contribution in [1.82, 2.24) is 14.9 Å². The molecule has 0 aliphatic carbocycles. The first-order valence-electron chi connectivity index (χ1n) is 7.27. The molecule has 1 fully saturated rings. The topological polar surface area (TPSA) is 62.7 Å². The van der Waals surface area contributed by atoms with Gasteiger partial charge in [0.25, 0.3) is 5.91 Å². The SMILES string of the molecule is CON(C)C(=O)c1cccnc1S[C@H](C)C(=O)N1CCCC1. The van der Waals surface area contributed by atoms with Crippen LogP contribution in [0.5, 0.6) is 0 Å². The van der Waals surface area contributed by atoms with Crippen LogP contribution in [0.4, 0.5) is 0 Å². The van der Waals surface area contributed by atoms with E-state index in [0.29, 0.717) is 10.6 Å². The van der Waals surface area contributed by atoms with Crippen molar-refractivity contribution in [2.75, 3.05) is 27.2 Å². The Hall–Kier alpha value is -1.60. The zero-order valence-corrected chi connectivity index (χ0v) is 13.9. The van der Waals surface area contributed by atoms with Crippen LogP contribution in [0, 0.1) is 0 Å². The fourth-order valence-corrected chi connectivity index (χ4v) is 3.30. The van der Waals surface area contributed by atoms with Gasteiger partial charge in [-0.1, -0.05) is 11.8 Å². The molecule has 0 bridgehead atoms. The molecule has 0 N–H and O–H groups in total. The van der Waals surface area contributed by atoms with Crippen LogP contribution in [0.25, 0.3) is 0 Å². The second-order valence-corrected chi connectivity index (χ2v) is 6.46. The Morgan fingerprint density at radius 3 is 2.73 bits per heavy atom. The summed E-state index contributed by atoms with van der Waals surface area (Å²) in [5, 5.41) is 1.43. The molecule has 2 heterocycles. The van der Waals surface area contributed by atoms with Crippen molar-refractivity contribution in [2.24, 2.45) is 0 Å². The van der Waals surface area contributed by atoms with Gasteiger partial charge in [-0.25, -0.2) is 10.0 Å². The third-order valence-corrected chi connectivity index (χ3v) is 4.72. The minimum atomic E-state index is -0.279. The van der Waals surface area contributed by atoms with Gasteiger partial charge in [-0.05, 0) is 31.9 Å². The summed E-state index contributed by atoms with van der Waals surface area (Å²) < 4.78 is 0. The molecule has 120 valence electrons. The smallest absolute Gasteiger partial charge is 0.279 e. The summed E-state index contributed by atoms with van der Waals surface area (Å²) in [5.41, 5.74) is 0.443. The Balaban J connectivity index is 2.12. The van der Waals surface area contributed by atoms with Crippen molar-refractivity contribution in [3.63, 3.8) is 0 Å². The van der Waals surface area contributed by atoms with Crippen LogP contribution < -0.4 is 0 Å². The lowest BCUT2D eigenvalue weighted by molar-refractivity contribution is -0.129. The highest BCUT2D eigenvalue weighted by Crippen LogP contribution is 2.27. The van der Waals surface area contributed by atoms with Crippen LogP contribution in [-0.4, -0.2) is 59.3 Å². The molecule has 7 heteroatoms. The summed E-state index contributed by atoms with van der Waals surface area (Å²) in [6, 6.07) is 3.40. The van der Waals surface area contributed by atoms with E-state index < -0.39 is 0 Å². The maximum Gasteiger partial charge on any atom is 0.279 e. The number of rotatable bonds is 5. The molecule has 1 saturated heterocycles. The zero-order valence-electron chi connectivity index (χ0n) is 13.1. The maximum atomic E-state index is 12.4. The first-order chi connectivity index (χ1) is 10.5. The minimum absolute atomic E-state index is 0.103. The van der Waals surface area contributed by atoms with E-state index in [-0.39, 0.29) is 17.1 Å². The number of nitrogens with zero attached hydrogens (tertiary/aromatic N) is 3. The average Bonchev–Trinajstić information content (AvgIpc) is 3.07. The van der Waals surface area contributed by atoms with Gasteiger partial charge in [0.05, 0.1) is 17.9 Å². The Kier molecular flexibility index (Phi) is 5.79. The molecule has 1 atom stereocenters. The summed E-state index contributed by atoms with van der Waals surface area (Å²) in [6.07, 6.45) is 3.75. The molecule has 1 aromatic rings. The standard InChI is InChI=1S/C15H21N3O3S/c1-11(14(19)18-9-4-5-10-18)22-13-12(7-6-8-16-13)15(20)17(2)21-3/h6-8,11H,4-5,9-10H2,1-3H3/t11-/m1/s1. The van der Waals surface area contributed by atoms with E-state index in [1.54, 1.807) is 25.4 Å². The number of carbonyl (C=O) groups is 2. The van der Waals surface area contributed by atoms with E-state index in [4.69, 9.17) is 4.84 Å². The van der Waals surface area contributed by atoms with Gasteiger partial charge in [0.2, 0.25) is 5.91 Å². The van der Waals surface area contributed by atoms with Crippen LogP contribution in [0.15, 0.2) is 23.4 Å². The second-order valence-electron chi connectivity index (χ2n) is 5.13. The van der Waals surface area contributed by atoms with E-state index in [9.17, 15) is 9.59 Å². The highest BCUT2D eigenvalue weighted by molar-refractivity contribution is 8.00. The number of hydrogen-bond acceptors (Lipinski definition) is 5. The molecule has 0 radical (unpaired) electrons. The Morgan fingerprint density at radius 1 is 1.41 bits per heavy atom. The quantitative estimate of drug-likeness (QED) is 0.611. The lowest BCUT2D eigenvalue weighted by atomic mass is 10.3. The van der Waals surface area contributed by atoms with Gasteiger partial charge in [0.1, 0.15) is 5.03 Å². The van der Waals surface area contributed by atoms with Crippen molar-refractivity contribution < 1.29 is 14.4 Å². The lowest BCUT2D eigenvalue weighted by Gasteiger charge is -2.21. The summed E-state index contributed by atoms with van der Waals surface area (Å²) >= 11 is 1.32. The Labute approximate surface area is 134 Å². The van der Waals surface area contributed by atoms with Crippen LogP contribution in [0.2, 0.25) is 0 Å². The summed E-state index contributed by atoms with van der Waals surface area (Å²) in [5.74, 6) is -0.175. The van der Waals surface area contributed by atoms with E-state index in [1.807, 2.05) is 11.8 Å². The van der Waals surface area contributed by atoms with Crippen molar-refractivity contribution in [2.45, 2.75) is 30.0 Å². The molecule has 1 aromatic heterocycles. The molecule has 2 amide bonds. The van der Waals surface area contributed by atoms with Crippen molar-refractivity contribution in [3.8, 4) is 0 Å². The molecule has 0 aromatic carbocycles. The van der Waals surface area contributed by atoms with Crippen LogP contribution in [0.1, 0.15) is 30.1 Å². The largest absolute Gasteiger partial charge is 0.342 e. The number of amides is 2. The van der Waals surface area contributed by atoms with Crippen molar-refractivity contribution in [1.29, 1.82) is 0 Å². The Morgan fingerprint density at radius 2 is 2.09 bits per heavy atom. The Bertz CT molecular complexity index is 547. The van der Waals surface area contributed by atoms with Gasteiger partial charge in [-0.15, -0.1) is 0 Å². The van der Waals surface area contributed by atoms with Crippen LogP contribution >= 0.6 is 11.8 Å². The van der Waals surface area contributed by atoms with Gasteiger partial charge in [-0.3, -0.25) is 14.4 Å². The number of pyridine rings is 1. The number of hydroxylamine groups is 2. The first-order valence-corrected chi connectivity index (χ1v) is 8.15. The predicted molar refractivity (Wildman–Crippen MR) is 84.5 cm³/mol. The van der Waals surface area contributed by atoms with Crippen molar-refractivity contribution in [3.05, 3.63) is 23.9 Å². The molecule has 2 rings (SSSR count). The summed E-state index contributed by atoms with van der Waals surface area (Å²) in [6.45, 7) is 3.50. The number of thioether (sulfide) groups is 1. The fraction of sp³-hybridized carbons (Fsp3) is 0.533. The number of carbonyl (C=O) groups excluding carboxylic acids is 2. The van der Waals surface area contributed by atoms with E-state index in [2.05, 4.69) is 4.98 Å². The van der Waals surface area contributed by atoms with Gasteiger partial charge < -0.3 is 4.90 Å². The molecular weight excluding hydrogens is 302 g/mol. The highest BCUT2D eigenvalue weighted by Gasteiger charge is 2.26. The molecule has 6 nitrogen and oxygen atoms in total. The molecule has 1 aliphatic heterocycles. The molecule has 0 spiro atoms. The van der Waals surface area contributed by atoms with Crippen LogP contribution in [0.3, 0.4) is 0 Å². The number of likely N-dealkylation sites (tertiary alicyclic amines) is 1. The highest BCUT2D eigenvalue weighted by atomic mass is 32.2.